The summed E-state index contributed by atoms with van der Waals surface area (Å²) in [5, 5.41) is 7.08. The molecule has 0 bridgehead atoms. The van der Waals surface area contributed by atoms with Crippen LogP contribution in [-0.4, -0.2) is 17.9 Å². The Balaban J connectivity index is 0.000000970. The molecule has 2 aliphatic carbocycles. The van der Waals surface area contributed by atoms with Crippen LogP contribution in [-0.2, 0) is 14.3 Å². The van der Waals surface area contributed by atoms with E-state index in [-0.39, 0.29) is 35.4 Å². The van der Waals surface area contributed by atoms with Gasteiger partial charge in [0.2, 0.25) is 0 Å². The van der Waals surface area contributed by atoms with Crippen LogP contribution < -0.4 is 0 Å². The van der Waals surface area contributed by atoms with Gasteiger partial charge in [0, 0.05) is 17.2 Å². The van der Waals surface area contributed by atoms with Gasteiger partial charge in [-0.3, -0.25) is 9.59 Å². The van der Waals surface area contributed by atoms with E-state index in [4.69, 9.17) is 10.00 Å². The maximum absolute atomic E-state index is 12.5. The van der Waals surface area contributed by atoms with E-state index in [0.717, 1.165) is 11.1 Å². The normalized spacial score (nSPS) is 26.1. The highest BCUT2D eigenvalue weighted by Crippen LogP contribution is 2.60. The molecule has 1 saturated carbocycles. The van der Waals surface area contributed by atoms with Gasteiger partial charge in [-0.2, -0.15) is 5.26 Å². The predicted octanol–water partition coefficient (Wildman–Crippen LogP) is 4.71. The first kappa shape index (κ1) is 21.2. The fourth-order valence-corrected chi connectivity index (χ4v) is 3.42. The van der Waals surface area contributed by atoms with Gasteiger partial charge in [-0.1, -0.05) is 31.6 Å². The molecule has 3 unspecified atom stereocenters. The van der Waals surface area contributed by atoms with E-state index in [1.165, 1.54) is 11.1 Å². The van der Waals surface area contributed by atoms with Gasteiger partial charge in [-0.05, 0) is 44.1 Å². The van der Waals surface area contributed by atoms with Gasteiger partial charge < -0.3 is 4.74 Å². The summed E-state index contributed by atoms with van der Waals surface area (Å²) in [6.45, 7) is 13.8. The minimum absolute atomic E-state index is 0.0570. The second kappa shape index (κ2) is 8.49. The number of hydrogen-bond acceptors (Lipinski definition) is 4. The molecule has 0 N–H and O–H groups in total. The van der Waals surface area contributed by atoms with Crippen molar-refractivity contribution in [2.45, 2.75) is 53.6 Å². The third-order valence-electron chi connectivity index (χ3n) is 4.95. The Morgan fingerprint density at radius 3 is 2.52 bits per heavy atom. The number of esters is 1. The van der Waals surface area contributed by atoms with Crippen LogP contribution in [0.15, 0.2) is 35.5 Å². The van der Waals surface area contributed by atoms with E-state index in [0.29, 0.717) is 6.42 Å². The van der Waals surface area contributed by atoms with Gasteiger partial charge in [0.05, 0.1) is 12.3 Å². The molecule has 0 radical (unpaired) electrons. The Bertz CT molecular complexity index is 663. The number of nitrogens with zero attached hydrogens (tertiary/aromatic N) is 1. The van der Waals surface area contributed by atoms with E-state index in [9.17, 15) is 9.59 Å². The first-order valence-electron chi connectivity index (χ1n) is 8.30. The molecule has 1 fully saturated rings. The average Bonchev–Trinajstić information content (AvgIpc) is 2.92. The maximum atomic E-state index is 12.5. The lowest BCUT2D eigenvalue weighted by Crippen LogP contribution is -2.20. The van der Waals surface area contributed by atoms with Crippen LogP contribution in [0.25, 0.3) is 0 Å². The molecule has 136 valence electrons. The number of halogens is 1. The highest BCUT2D eigenvalue weighted by Gasteiger charge is 2.61. The van der Waals surface area contributed by atoms with Crippen molar-refractivity contribution in [1.29, 1.82) is 5.26 Å². The van der Waals surface area contributed by atoms with Crippen LogP contribution in [0, 0.1) is 28.0 Å². The molecule has 5 heteroatoms. The molecular weight excluding hydrogens is 338 g/mol. The third kappa shape index (κ3) is 4.83. The number of ether oxygens (including phenoxy) is 1. The zero-order valence-electron chi connectivity index (χ0n) is 15.6. The second-order valence-electron chi connectivity index (χ2n) is 7.36. The maximum Gasteiger partial charge on any atom is 0.310 e. The number of nitriles is 1. The monoisotopic (exact) mass is 363 g/mol. The van der Waals surface area contributed by atoms with Crippen molar-refractivity contribution in [3.63, 3.8) is 0 Å². The number of allylic oxidation sites excluding steroid dienone is 4. The summed E-state index contributed by atoms with van der Waals surface area (Å²) in [6, 6.07) is 0. The quantitative estimate of drug-likeness (QED) is 0.524. The lowest BCUT2D eigenvalue weighted by Gasteiger charge is -2.13. The highest BCUT2D eigenvalue weighted by atomic mass is 35.5. The van der Waals surface area contributed by atoms with Gasteiger partial charge in [-0.15, -0.1) is 6.58 Å². The first-order valence-corrected chi connectivity index (χ1v) is 8.68. The van der Waals surface area contributed by atoms with E-state index in [2.05, 4.69) is 38.1 Å². The third-order valence-corrected chi connectivity index (χ3v) is 4.95. The van der Waals surface area contributed by atoms with Crippen LogP contribution in [0.3, 0.4) is 0 Å². The topological polar surface area (TPSA) is 67.2 Å². The Kier molecular flexibility index (Phi) is 7.19. The Hall–Kier alpha value is -1.86. The van der Waals surface area contributed by atoms with Crippen LogP contribution in [0.5, 0.6) is 0 Å². The van der Waals surface area contributed by atoms with Crippen LogP contribution in [0.4, 0.5) is 0 Å². The van der Waals surface area contributed by atoms with E-state index in [1.54, 1.807) is 6.08 Å². The molecule has 25 heavy (non-hydrogen) atoms. The molecule has 4 nitrogen and oxygen atoms in total. The van der Waals surface area contributed by atoms with Crippen molar-refractivity contribution < 1.29 is 14.3 Å². The smallest absolute Gasteiger partial charge is 0.310 e. The van der Waals surface area contributed by atoms with Gasteiger partial charge >= 0.3 is 5.97 Å². The molecule has 0 aromatic rings. The van der Waals surface area contributed by atoms with Crippen LogP contribution >= 0.6 is 11.6 Å². The molecule has 0 spiro atoms. The molecule has 2 aliphatic rings. The summed E-state index contributed by atoms with van der Waals surface area (Å²) in [6.07, 6.45) is 4.31. The van der Waals surface area contributed by atoms with Crippen molar-refractivity contribution in [3.8, 4) is 5.53 Å². The molecule has 0 heterocycles. The minimum Gasteiger partial charge on any atom is -0.457 e. The Morgan fingerprint density at radius 2 is 2.04 bits per heavy atom. The Morgan fingerprint density at radius 1 is 1.48 bits per heavy atom. The lowest BCUT2D eigenvalue weighted by atomic mass is 10.1. The summed E-state index contributed by atoms with van der Waals surface area (Å²) in [5.74, 6) is 0.0309. The van der Waals surface area contributed by atoms with Crippen molar-refractivity contribution in [3.05, 3.63) is 35.5 Å². The number of Topliss-reactive ketones (excluding diaryl/α,β-unsaturated/α-hetero) is 1. The number of carbonyl (C=O) groups is 2. The fraction of sp³-hybridized carbons (Fsp3) is 0.550. The number of rotatable bonds is 5. The van der Waals surface area contributed by atoms with Gasteiger partial charge in [0.1, 0.15) is 6.10 Å². The zero-order chi connectivity index (χ0) is 19.4. The first-order chi connectivity index (χ1) is 11.6. The summed E-state index contributed by atoms with van der Waals surface area (Å²) in [7, 11) is 0. The number of hydrogen-bond donors (Lipinski definition) is 0. The van der Waals surface area contributed by atoms with Crippen molar-refractivity contribution in [2.75, 3.05) is 0 Å². The van der Waals surface area contributed by atoms with E-state index < -0.39 is 6.10 Å². The van der Waals surface area contributed by atoms with Gasteiger partial charge in [0.15, 0.2) is 11.3 Å². The van der Waals surface area contributed by atoms with Crippen LogP contribution in [0.2, 0.25) is 0 Å². The van der Waals surface area contributed by atoms with E-state index >= 15 is 0 Å². The number of ketones is 1. The summed E-state index contributed by atoms with van der Waals surface area (Å²) < 4.78 is 5.66. The van der Waals surface area contributed by atoms with Crippen molar-refractivity contribution in [2.24, 2.45) is 17.3 Å². The molecule has 2 rings (SSSR count). The molecule has 0 amide bonds. The summed E-state index contributed by atoms with van der Waals surface area (Å²) >= 11 is 4.30. The van der Waals surface area contributed by atoms with Crippen molar-refractivity contribution in [1.82, 2.24) is 0 Å². The molecule has 0 aromatic heterocycles. The highest BCUT2D eigenvalue weighted by molar-refractivity contribution is 6.28. The van der Waals surface area contributed by atoms with E-state index in [1.807, 2.05) is 20.8 Å². The SMILES string of the molecule is C=CCC1=C(C)C(OC(=O)C2C(C=C(C)C)C2(C)C)CC1=O.N#CCl. The minimum atomic E-state index is -0.390. The standard InChI is InChI=1S/C19H26O3.CClN/c1-7-8-13-12(4)16(10-15(13)20)22-18(21)17-14(9-11(2)3)19(17,5)6;2-1-3/h7,9,14,16-17H,1,8,10H2,2-6H3;. The second-order valence-corrected chi connectivity index (χ2v) is 7.53. The molecule has 3 atom stereocenters. The largest absolute Gasteiger partial charge is 0.457 e. The Labute approximate surface area is 155 Å². The predicted molar refractivity (Wildman–Crippen MR) is 98.7 cm³/mol. The summed E-state index contributed by atoms with van der Waals surface area (Å²) in [4.78, 5) is 24.5. The van der Waals surface area contributed by atoms with Crippen LogP contribution in [0.1, 0.15) is 47.5 Å². The average molecular weight is 364 g/mol. The summed E-state index contributed by atoms with van der Waals surface area (Å²) in [5.41, 5.74) is 4.02. The molecule has 0 aromatic carbocycles. The van der Waals surface area contributed by atoms with Gasteiger partial charge in [-0.25, -0.2) is 0 Å². The zero-order valence-corrected chi connectivity index (χ0v) is 16.3. The lowest BCUT2D eigenvalue weighted by molar-refractivity contribution is -0.150. The molecule has 0 aliphatic heterocycles. The van der Waals surface area contributed by atoms with Crippen molar-refractivity contribution >= 4 is 23.4 Å². The molecule has 0 saturated heterocycles. The molecular formula is C20H26ClNO3. The van der Waals surface area contributed by atoms with Gasteiger partial charge in [0.25, 0.3) is 0 Å². The number of carbonyl (C=O) groups excluding carboxylic acids is 2. The fourth-order valence-electron chi connectivity index (χ4n) is 3.42.